The minimum Gasteiger partial charge on any atom is -0.394 e. The number of hydrogen-bond acceptors (Lipinski definition) is 4. The molecule has 0 heterocycles. The Hall–Kier alpha value is -0.940. The predicted molar refractivity (Wildman–Crippen MR) is 89.5 cm³/mol. The van der Waals surface area contributed by atoms with Crippen LogP contribution >= 0.6 is 0 Å². The van der Waals surface area contributed by atoms with Gasteiger partial charge < -0.3 is 20.5 Å². The Balaban J connectivity index is 0.000000486. The van der Waals surface area contributed by atoms with Gasteiger partial charge in [-0.3, -0.25) is 0 Å². The van der Waals surface area contributed by atoms with Gasteiger partial charge >= 0.3 is 0 Å². The van der Waals surface area contributed by atoms with Crippen molar-refractivity contribution in [2.45, 2.75) is 26.7 Å². The number of nitrogens with zero attached hydrogens (tertiary/aromatic N) is 1. The van der Waals surface area contributed by atoms with Gasteiger partial charge in [0.25, 0.3) is 0 Å². The zero-order valence-corrected chi connectivity index (χ0v) is 13.6. The molecule has 4 nitrogen and oxygen atoms in total. The number of benzene rings is 1. The van der Waals surface area contributed by atoms with Gasteiger partial charge in [-0.25, -0.2) is 0 Å². The van der Waals surface area contributed by atoms with Crippen LogP contribution < -0.4 is 5.73 Å². The molecule has 0 spiro atoms. The Morgan fingerprint density at radius 3 is 2.33 bits per heavy atom. The number of nitrogens with two attached hydrogens (primary N) is 1. The Morgan fingerprint density at radius 2 is 1.81 bits per heavy atom. The van der Waals surface area contributed by atoms with Crippen molar-refractivity contribution < 1.29 is 9.84 Å². The SMILES string of the molecule is CCCN(CC)CCc1ccccc1.NCCOCCO. The van der Waals surface area contributed by atoms with Crippen LogP contribution in [-0.4, -0.2) is 56.0 Å². The largest absolute Gasteiger partial charge is 0.394 e. The van der Waals surface area contributed by atoms with E-state index in [4.69, 9.17) is 15.6 Å². The molecule has 0 atom stereocenters. The van der Waals surface area contributed by atoms with Crippen molar-refractivity contribution >= 4 is 0 Å². The second kappa shape index (κ2) is 15.4. The summed E-state index contributed by atoms with van der Waals surface area (Å²) in [6, 6.07) is 10.7. The standard InChI is InChI=1S/C13H21N.C4H11NO2/c1-3-11-14(4-2)12-10-13-8-6-5-7-9-13;5-1-3-7-4-2-6/h5-9H,3-4,10-12H2,1-2H3;6H,1-5H2. The zero-order valence-electron chi connectivity index (χ0n) is 13.6. The fourth-order valence-corrected chi connectivity index (χ4v) is 1.93. The maximum atomic E-state index is 8.13. The highest BCUT2D eigenvalue weighted by atomic mass is 16.5. The van der Waals surface area contributed by atoms with Crippen LogP contribution in [0.3, 0.4) is 0 Å². The number of ether oxygens (including phenoxy) is 1. The van der Waals surface area contributed by atoms with E-state index >= 15 is 0 Å². The van der Waals surface area contributed by atoms with E-state index in [1.54, 1.807) is 0 Å². The fourth-order valence-electron chi connectivity index (χ4n) is 1.93. The minimum absolute atomic E-state index is 0.0833. The van der Waals surface area contributed by atoms with E-state index in [9.17, 15) is 0 Å². The second-order valence-electron chi connectivity index (χ2n) is 4.79. The van der Waals surface area contributed by atoms with Gasteiger partial charge in [0, 0.05) is 13.1 Å². The second-order valence-corrected chi connectivity index (χ2v) is 4.79. The van der Waals surface area contributed by atoms with E-state index in [0.29, 0.717) is 19.8 Å². The van der Waals surface area contributed by atoms with Crippen molar-refractivity contribution in [2.24, 2.45) is 5.73 Å². The highest BCUT2D eigenvalue weighted by Gasteiger charge is 2.00. The van der Waals surface area contributed by atoms with Crippen molar-refractivity contribution in [3.05, 3.63) is 35.9 Å². The maximum Gasteiger partial charge on any atom is 0.0698 e. The third kappa shape index (κ3) is 12.5. The summed E-state index contributed by atoms with van der Waals surface area (Å²) in [6.45, 7) is 9.61. The monoisotopic (exact) mass is 296 g/mol. The first kappa shape index (κ1) is 20.1. The van der Waals surface area contributed by atoms with Crippen LogP contribution in [0.25, 0.3) is 0 Å². The molecular weight excluding hydrogens is 264 g/mol. The summed E-state index contributed by atoms with van der Waals surface area (Å²) in [5.74, 6) is 0. The van der Waals surface area contributed by atoms with E-state index in [1.165, 1.54) is 38.0 Å². The highest BCUT2D eigenvalue weighted by molar-refractivity contribution is 5.14. The topological polar surface area (TPSA) is 58.7 Å². The lowest BCUT2D eigenvalue weighted by Gasteiger charge is -2.19. The summed E-state index contributed by atoms with van der Waals surface area (Å²) >= 11 is 0. The molecule has 4 heteroatoms. The molecule has 0 aliphatic carbocycles. The molecule has 0 aliphatic rings. The lowest BCUT2D eigenvalue weighted by molar-refractivity contribution is 0.0976. The quantitative estimate of drug-likeness (QED) is 0.648. The summed E-state index contributed by atoms with van der Waals surface area (Å²) in [5.41, 5.74) is 6.51. The fraction of sp³-hybridized carbons (Fsp3) is 0.647. The molecule has 0 bridgehead atoms. The van der Waals surface area contributed by atoms with Gasteiger partial charge in [0.05, 0.1) is 19.8 Å². The first-order valence-corrected chi connectivity index (χ1v) is 7.93. The van der Waals surface area contributed by atoms with E-state index in [2.05, 4.69) is 49.1 Å². The third-order valence-electron chi connectivity index (χ3n) is 3.04. The van der Waals surface area contributed by atoms with Gasteiger partial charge in [-0.15, -0.1) is 0 Å². The molecule has 0 fully saturated rings. The van der Waals surface area contributed by atoms with E-state index in [0.717, 1.165) is 0 Å². The minimum atomic E-state index is 0.0833. The van der Waals surface area contributed by atoms with Crippen LogP contribution in [0.5, 0.6) is 0 Å². The van der Waals surface area contributed by atoms with Crippen LogP contribution in [0, 0.1) is 0 Å². The molecule has 0 aliphatic heterocycles. The van der Waals surface area contributed by atoms with Crippen LogP contribution in [0.15, 0.2) is 30.3 Å². The molecule has 3 N–H and O–H groups in total. The van der Waals surface area contributed by atoms with Gasteiger partial charge in [-0.2, -0.15) is 0 Å². The van der Waals surface area contributed by atoms with Crippen LogP contribution in [0.1, 0.15) is 25.8 Å². The van der Waals surface area contributed by atoms with Gasteiger partial charge in [0.1, 0.15) is 0 Å². The Morgan fingerprint density at radius 1 is 1.10 bits per heavy atom. The Bertz CT molecular complexity index is 303. The molecule has 0 aromatic heterocycles. The lowest BCUT2D eigenvalue weighted by Crippen LogP contribution is -2.26. The van der Waals surface area contributed by atoms with E-state index in [1.807, 2.05) is 0 Å². The normalized spacial score (nSPS) is 10.3. The molecular formula is C17H32N2O2. The van der Waals surface area contributed by atoms with Gasteiger partial charge in [-0.05, 0) is 31.5 Å². The van der Waals surface area contributed by atoms with Crippen LogP contribution in [0.4, 0.5) is 0 Å². The van der Waals surface area contributed by atoms with Crippen molar-refractivity contribution in [2.75, 3.05) is 46.0 Å². The smallest absolute Gasteiger partial charge is 0.0698 e. The summed E-state index contributed by atoms with van der Waals surface area (Å²) in [7, 11) is 0. The van der Waals surface area contributed by atoms with Crippen molar-refractivity contribution in [1.29, 1.82) is 0 Å². The molecule has 21 heavy (non-hydrogen) atoms. The molecule has 0 saturated heterocycles. The Labute approximate surface area is 129 Å². The number of aliphatic hydroxyl groups is 1. The van der Waals surface area contributed by atoms with Crippen molar-refractivity contribution in [1.82, 2.24) is 4.90 Å². The average molecular weight is 296 g/mol. The molecule has 0 saturated carbocycles. The molecule has 1 aromatic carbocycles. The lowest BCUT2D eigenvalue weighted by atomic mass is 10.1. The Kier molecular flexibility index (Phi) is 14.8. The molecule has 122 valence electrons. The maximum absolute atomic E-state index is 8.13. The van der Waals surface area contributed by atoms with E-state index in [-0.39, 0.29) is 6.61 Å². The molecule has 0 radical (unpaired) electrons. The number of aliphatic hydroxyl groups excluding tert-OH is 1. The summed E-state index contributed by atoms with van der Waals surface area (Å²) in [4.78, 5) is 2.51. The molecule has 0 unspecified atom stereocenters. The van der Waals surface area contributed by atoms with Crippen molar-refractivity contribution in [3.8, 4) is 0 Å². The average Bonchev–Trinajstić information content (AvgIpc) is 2.53. The predicted octanol–water partition coefficient (Wildman–Crippen LogP) is 1.91. The number of hydrogen-bond donors (Lipinski definition) is 2. The van der Waals surface area contributed by atoms with Crippen LogP contribution in [0.2, 0.25) is 0 Å². The summed E-state index contributed by atoms with van der Waals surface area (Å²) < 4.78 is 4.76. The van der Waals surface area contributed by atoms with Gasteiger partial charge in [0.2, 0.25) is 0 Å². The number of rotatable bonds is 10. The number of likely N-dealkylation sites (N-methyl/N-ethyl adjacent to an activating group) is 1. The highest BCUT2D eigenvalue weighted by Crippen LogP contribution is 2.01. The van der Waals surface area contributed by atoms with Gasteiger partial charge in [0.15, 0.2) is 0 Å². The zero-order chi connectivity index (χ0) is 15.8. The van der Waals surface area contributed by atoms with Gasteiger partial charge in [-0.1, -0.05) is 44.2 Å². The molecule has 1 aromatic rings. The van der Waals surface area contributed by atoms with E-state index < -0.39 is 0 Å². The first-order valence-electron chi connectivity index (χ1n) is 7.93. The first-order chi connectivity index (χ1) is 10.3. The molecule has 1 rings (SSSR count). The van der Waals surface area contributed by atoms with Crippen LogP contribution in [-0.2, 0) is 11.2 Å². The van der Waals surface area contributed by atoms with Crippen molar-refractivity contribution in [3.63, 3.8) is 0 Å². The summed E-state index contributed by atoms with van der Waals surface area (Å²) in [6.07, 6.45) is 2.43. The third-order valence-corrected chi connectivity index (χ3v) is 3.04. The summed E-state index contributed by atoms with van der Waals surface area (Å²) in [5, 5.41) is 8.13. The molecule has 0 amide bonds.